The first-order valence-corrected chi connectivity index (χ1v) is 7.63. The fourth-order valence-electron chi connectivity index (χ4n) is 3.19. The van der Waals surface area contributed by atoms with Crippen molar-refractivity contribution < 1.29 is 14.6 Å². The van der Waals surface area contributed by atoms with Gasteiger partial charge in [0.25, 0.3) is 0 Å². The fourth-order valence-corrected chi connectivity index (χ4v) is 3.49. The molecular formula is C15H19ClN2O3. The van der Waals surface area contributed by atoms with Crippen LogP contribution in [0, 0.1) is 0 Å². The molecule has 1 unspecified atom stereocenters. The Morgan fingerprint density at radius 2 is 2.05 bits per heavy atom. The summed E-state index contributed by atoms with van der Waals surface area (Å²) in [6, 6.07) is 5.51. The first kappa shape index (κ1) is 14.6. The lowest BCUT2D eigenvalue weighted by Gasteiger charge is -2.32. The highest BCUT2D eigenvalue weighted by Gasteiger charge is 2.31. The molecule has 0 spiro atoms. The molecule has 6 heteroatoms. The molecule has 0 saturated carbocycles. The van der Waals surface area contributed by atoms with Crippen LogP contribution in [0.1, 0.15) is 16.8 Å². The number of carbonyl (C=O) groups is 1. The molecule has 0 radical (unpaired) electrons. The minimum absolute atomic E-state index is 0.283. The van der Waals surface area contributed by atoms with E-state index >= 15 is 0 Å². The van der Waals surface area contributed by atoms with E-state index in [0.717, 1.165) is 45.8 Å². The minimum Gasteiger partial charge on any atom is -0.478 e. The smallest absolute Gasteiger partial charge is 0.337 e. The summed E-state index contributed by atoms with van der Waals surface area (Å²) in [4.78, 5) is 15.9. The van der Waals surface area contributed by atoms with Gasteiger partial charge in [0.15, 0.2) is 0 Å². The fraction of sp³-hybridized carbons (Fsp3) is 0.533. The summed E-state index contributed by atoms with van der Waals surface area (Å²) in [5.41, 5.74) is 0.938. The number of hydrogen-bond donors (Lipinski definition) is 1. The van der Waals surface area contributed by atoms with Crippen LogP contribution in [-0.4, -0.2) is 61.4 Å². The first-order chi connectivity index (χ1) is 10.2. The zero-order valence-electron chi connectivity index (χ0n) is 11.8. The molecule has 3 rings (SSSR count). The first-order valence-electron chi connectivity index (χ1n) is 7.25. The Balaban J connectivity index is 1.78. The van der Waals surface area contributed by atoms with Crippen molar-refractivity contribution in [1.82, 2.24) is 4.90 Å². The van der Waals surface area contributed by atoms with Crippen molar-refractivity contribution >= 4 is 23.3 Å². The van der Waals surface area contributed by atoms with E-state index in [1.807, 2.05) is 0 Å². The van der Waals surface area contributed by atoms with Crippen molar-refractivity contribution in [1.29, 1.82) is 0 Å². The maximum absolute atomic E-state index is 11.4. The molecule has 0 aliphatic carbocycles. The average molecular weight is 311 g/mol. The number of aromatic carboxylic acids is 1. The number of halogens is 1. The van der Waals surface area contributed by atoms with E-state index in [1.165, 1.54) is 0 Å². The van der Waals surface area contributed by atoms with Gasteiger partial charge in [0.1, 0.15) is 0 Å². The number of benzene rings is 1. The van der Waals surface area contributed by atoms with Crippen LogP contribution in [-0.2, 0) is 4.74 Å². The van der Waals surface area contributed by atoms with E-state index in [9.17, 15) is 9.90 Å². The summed E-state index contributed by atoms with van der Waals surface area (Å²) in [5.74, 6) is -0.928. The largest absolute Gasteiger partial charge is 0.478 e. The van der Waals surface area contributed by atoms with Gasteiger partial charge in [-0.25, -0.2) is 4.79 Å². The molecule has 2 aliphatic rings. The van der Waals surface area contributed by atoms with Crippen LogP contribution in [0.15, 0.2) is 18.2 Å². The molecule has 1 aromatic rings. The number of rotatable bonds is 3. The predicted octanol–water partition coefficient (Wildman–Crippen LogP) is 1.95. The summed E-state index contributed by atoms with van der Waals surface area (Å²) < 4.78 is 5.39. The van der Waals surface area contributed by atoms with Crippen LogP contribution in [0.4, 0.5) is 5.69 Å². The quantitative estimate of drug-likeness (QED) is 0.925. The van der Waals surface area contributed by atoms with E-state index in [2.05, 4.69) is 9.80 Å². The lowest BCUT2D eigenvalue weighted by Crippen LogP contribution is -2.44. The Bertz CT molecular complexity index is 532. The summed E-state index contributed by atoms with van der Waals surface area (Å²) in [6.07, 6.45) is 1.03. The average Bonchev–Trinajstić information content (AvgIpc) is 2.97. The molecule has 0 aromatic heterocycles. The van der Waals surface area contributed by atoms with E-state index in [4.69, 9.17) is 16.3 Å². The van der Waals surface area contributed by atoms with E-state index in [1.54, 1.807) is 18.2 Å². The SMILES string of the molecule is O=C(O)c1cccc(Cl)c1N1CCC(N2CCOCC2)C1. The highest BCUT2D eigenvalue weighted by Crippen LogP contribution is 2.33. The Morgan fingerprint density at radius 3 is 2.76 bits per heavy atom. The normalized spacial score (nSPS) is 23.5. The van der Waals surface area contributed by atoms with Crippen molar-refractivity contribution in [2.45, 2.75) is 12.5 Å². The predicted molar refractivity (Wildman–Crippen MR) is 81.4 cm³/mol. The Kier molecular flexibility index (Phi) is 4.33. The molecule has 1 N–H and O–H groups in total. The number of anilines is 1. The number of carboxylic acid groups (broad SMARTS) is 1. The lowest BCUT2D eigenvalue weighted by molar-refractivity contribution is 0.0209. The Labute approximate surface area is 129 Å². The third-order valence-corrected chi connectivity index (χ3v) is 4.56. The van der Waals surface area contributed by atoms with Crippen molar-refractivity contribution in [3.63, 3.8) is 0 Å². The van der Waals surface area contributed by atoms with Gasteiger partial charge in [-0.1, -0.05) is 17.7 Å². The van der Waals surface area contributed by atoms with Gasteiger partial charge in [-0.05, 0) is 18.6 Å². The van der Waals surface area contributed by atoms with Gasteiger partial charge in [0.05, 0.1) is 29.5 Å². The van der Waals surface area contributed by atoms with Crippen molar-refractivity contribution in [2.24, 2.45) is 0 Å². The summed E-state index contributed by atoms with van der Waals surface area (Å²) in [6.45, 7) is 5.13. The maximum Gasteiger partial charge on any atom is 0.337 e. The van der Waals surface area contributed by atoms with Gasteiger partial charge >= 0.3 is 5.97 Å². The van der Waals surface area contributed by atoms with Gasteiger partial charge in [0, 0.05) is 32.2 Å². The van der Waals surface area contributed by atoms with Crippen molar-refractivity contribution in [3.05, 3.63) is 28.8 Å². The molecule has 2 saturated heterocycles. The van der Waals surface area contributed by atoms with E-state index in [0.29, 0.717) is 16.8 Å². The standard InChI is InChI=1S/C15H19ClN2O3/c16-13-3-1-2-12(15(19)20)14(13)18-5-4-11(10-18)17-6-8-21-9-7-17/h1-3,11H,4-10H2,(H,19,20). The van der Waals surface area contributed by atoms with Crippen LogP contribution in [0.3, 0.4) is 0 Å². The van der Waals surface area contributed by atoms with Crippen LogP contribution in [0.2, 0.25) is 5.02 Å². The molecule has 21 heavy (non-hydrogen) atoms. The zero-order valence-corrected chi connectivity index (χ0v) is 12.6. The number of ether oxygens (including phenoxy) is 1. The van der Waals surface area contributed by atoms with Crippen molar-refractivity contribution in [3.8, 4) is 0 Å². The summed E-state index contributed by atoms with van der Waals surface area (Å²) in [7, 11) is 0. The van der Waals surface area contributed by atoms with Crippen LogP contribution >= 0.6 is 11.6 Å². The number of nitrogens with zero attached hydrogens (tertiary/aromatic N) is 2. The molecule has 2 fully saturated rings. The highest BCUT2D eigenvalue weighted by atomic mass is 35.5. The Hall–Kier alpha value is -1.30. The second kappa shape index (κ2) is 6.22. The van der Waals surface area contributed by atoms with Gasteiger partial charge in [-0.2, -0.15) is 0 Å². The Morgan fingerprint density at radius 1 is 1.29 bits per heavy atom. The molecule has 0 amide bonds. The highest BCUT2D eigenvalue weighted by molar-refractivity contribution is 6.34. The van der Waals surface area contributed by atoms with Crippen LogP contribution in [0.25, 0.3) is 0 Å². The molecule has 0 bridgehead atoms. The lowest BCUT2D eigenvalue weighted by atomic mass is 10.1. The maximum atomic E-state index is 11.4. The third-order valence-electron chi connectivity index (χ3n) is 4.26. The van der Waals surface area contributed by atoms with Gasteiger partial charge in [-0.15, -0.1) is 0 Å². The van der Waals surface area contributed by atoms with E-state index in [-0.39, 0.29) is 5.56 Å². The second-order valence-electron chi connectivity index (χ2n) is 5.48. The molecule has 1 atom stereocenters. The van der Waals surface area contributed by atoms with E-state index < -0.39 is 5.97 Å². The number of carboxylic acids is 1. The summed E-state index contributed by atoms with van der Waals surface area (Å²) >= 11 is 6.25. The second-order valence-corrected chi connectivity index (χ2v) is 5.89. The van der Waals surface area contributed by atoms with Gasteiger partial charge < -0.3 is 14.7 Å². The molecule has 1 aromatic carbocycles. The molecule has 5 nitrogen and oxygen atoms in total. The van der Waals surface area contributed by atoms with Gasteiger partial charge in [-0.3, -0.25) is 4.90 Å². The monoisotopic (exact) mass is 310 g/mol. The third kappa shape index (κ3) is 3.00. The zero-order chi connectivity index (χ0) is 14.8. The molecule has 2 heterocycles. The topological polar surface area (TPSA) is 53.0 Å². The minimum atomic E-state index is -0.928. The molecule has 114 valence electrons. The van der Waals surface area contributed by atoms with Gasteiger partial charge in [0.2, 0.25) is 0 Å². The van der Waals surface area contributed by atoms with Crippen LogP contribution in [0.5, 0.6) is 0 Å². The van der Waals surface area contributed by atoms with Crippen molar-refractivity contribution in [2.75, 3.05) is 44.3 Å². The van der Waals surface area contributed by atoms with Crippen LogP contribution < -0.4 is 4.90 Å². The molecular weight excluding hydrogens is 292 g/mol. The number of para-hydroxylation sites is 1. The number of morpholine rings is 1. The molecule has 2 aliphatic heterocycles. The number of hydrogen-bond acceptors (Lipinski definition) is 4. The summed E-state index contributed by atoms with van der Waals surface area (Å²) in [5, 5.41) is 9.86.